The van der Waals surface area contributed by atoms with E-state index in [1.165, 1.54) is 0 Å². The van der Waals surface area contributed by atoms with Crippen molar-refractivity contribution in [3.05, 3.63) is 27.7 Å². The first kappa shape index (κ1) is 28.8. The molecule has 34 heavy (non-hydrogen) atoms. The fraction of sp³-hybridized carbons (Fsp3) is 0.704. The highest BCUT2D eigenvalue weighted by molar-refractivity contribution is 9.10. The molecule has 0 aromatic heterocycles. The van der Waals surface area contributed by atoms with E-state index in [1.54, 1.807) is 7.11 Å². The van der Waals surface area contributed by atoms with Crippen LogP contribution in [0.4, 0.5) is 5.69 Å². The number of carbonyl (C=O) groups excluding carboxylic acids is 2. The third-order valence-electron chi connectivity index (χ3n) is 6.58. The zero-order valence-electron chi connectivity index (χ0n) is 22.2. The SMILES string of the molecule is CC.COCCCCN1C(=O)C(C)(C)Cc2cc(Br)c(C(=O)N(C(C)C)[C@@H]3CCCNC3)cc21. The Morgan fingerprint density at radius 1 is 1.29 bits per heavy atom. The molecule has 0 spiro atoms. The highest BCUT2D eigenvalue weighted by Gasteiger charge is 2.40. The Morgan fingerprint density at radius 2 is 2.00 bits per heavy atom. The van der Waals surface area contributed by atoms with Crippen LogP contribution in [0.5, 0.6) is 0 Å². The van der Waals surface area contributed by atoms with Gasteiger partial charge in [-0.15, -0.1) is 0 Å². The van der Waals surface area contributed by atoms with Gasteiger partial charge in [0.1, 0.15) is 0 Å². The van der Waals surface area contributed by atoms with E-state index in [-0.39, 0.29) is 23.9 Å². The summed E-state index contributed by atoms with van der Waals surface area (Å²) < 4.78 is 5.98. The summed E-state index contributed by atoms with van der Waals surface area (Å²) in [7, 11) is 1.70. The van der Waals surface area contributed by atoms with Crippen molar-refractivity contribution in [3.63, 3.8) is 0 Å². The Kier molecular flexibility index (Phi) is 11.0. The summed E-state index contributed by atoms with van der Waals surface area (Å²) in [5.41, 5.74) is 2.16. The molecule has 3 rings (SSSR count). The van der Waals surface area contributed by atoms with E-state index in [4.69, 9.17) is 4.74 Å². The monoisotopic (exact) mass is 537 g/mol. The number of hydrogen-bond donors (Lipinski definition) is 1. The molecule has 0 saturated carbocycles. The van der Waals surface area contributed by atoms with E-state index in [1.807, 2.05) is 43.6 Å². The number of fused-ring (bicyclic) bond motifs is 1. The van der Waals surface area contributed by atoms with Crippen molar-refractivity contribution in [3.8, 4) is 0 Å². The summed E-state index contributed by atoms with van der Waals surface area (Å²) >= 11 is 3.68. The Balaban J connectivity index is 0.00000199. The van der Waals surface area contributed by atoms with Gasteiger partial charge in [0, 0.05) is 54.5 Å². The smallest absolute Gasteiger partial charge is 0.255 e. The number of anilines is 1. The number of benzene rings is 1. The first-order chi connectivity index (χ1) is 16.2. The second-order valence-corrected chi connectivity index (χ2v) is 10.8. The second-order valence-electron chi connectivity index (χ2n) is 9.98. The molecule has 2 aliphatic heterocycles. The Morgan fingerprint density at radius 3 is 2.59 bits per heavy atom. The lowest BCUT2D eigenvalue weighted by molar-refractivity contribution is -0.127. The highest BCUT2D eigenvalue weighted by atomic mass is 79.9. The fourth-order valence-electron chi connectivity index (χ4n) is 4.96. The molecule has 1 atom stereocenters. The summed E-state index contributed by atoms with van der Waals surface area (Å²) in [6.45, 7) is 15.3. The summed E-state index contributed by atoms with van der Waals surface area (Å²) in [4.78, 5) is 31.0. The van der Waals surface area contributed by atoms with E-state index in [0.29, 0.717) is 25.1 Å². The number of piperidine rings is 1. The molecule has 0 unspecified atom stereocenters. The number of rotatable bonds is 8. The standard InChI is InChI=1S/C25H38BrN3O3.C2H6/c1-17(2)29(19-9-8-10-27-16-19)23(30)20-14-22-18(13-21(20)26)15-25(3,4)24(31)28(22)11-6-7-12-32-5;1-2/h13-14,17,19,27H,6-12,15-16H2,1-5H3;1-2H3/t19-;/m1./s1. The van der Waals surface area contributed by atoms with Crippen LogP contribution in [0, 0.1) is 5.41 Å². The summed E-state index contributed by atoms with van der Waals surface area (Å²) in [5.74, 6) is 0.153. The van der Waals surface area contributed by atoms with Gasteiger partial charge in [0.05, 0.1) is 5.56 Å². The largest absolute Gasteiger partial charge is 0.385 e. The molecule has 2 aliphatic rings. The van der Waals surface area contributed by atoms with Gasteiger partial charge in [0.15, 0.2) is 0 Å². The van der Waals surface area contributed by atoms with Crippen LogP contribution in [0.2, 0.25) is 0 Å². The number of nitrogens with one attached hydrogen (secondary N) is 1. The first-order valence-electron chi connectivity index (χ1n) is 12.8. The van der Waals surface area contributed by atoms with Gasteiger partial charge in [-0.3, -0.25) is 9.59 Å². The molecule has 0 radical (unpaired) electrons. The number of unbranched alkanes of at least 4 members (excludes halogenated alkanes) is 1. The van der Waals surface area contributed by atoms with Gasteiger partial charge >= 0.3 is 0 Å². The fourth-order valence-corrected chi connectivity index (χ4v) is 5.52. The van der Waals surface area contributed by atoms with Crippen molar-refractivity contribution >= 4 is 33.4 Å². The molecule has 1 aromatic rings. The second kappa shape index (κ2) is 13.0. The molecule has 6 nitrogen and oxygen atoms in total. The Labute approximate surface area is 214 Å². The Bertz CT molecular complexity index is 835. The van der Waals surface area contributed by atoms with Crippen molar-refractivity contribution in [1.82, 2.24) is 10.2 Å². The summed E-state index contributed by atoms with van der Waals surface area (Å²) in [5, 5.41) is 3.43. The average molecular weight is 539 g/mol. The van der Waals surface area contributed by atoms with Crippen LogP contribution in [0.15, 0.2) is 16.6 Å². The van der Waals surface area contributed by atoms with Crippen LogP contribution >= 0.6 is 15.9 Å². The minimum absolute atomic E-state index is 0.0278. The van der Waals surface area contributed by atoms with Gasteiger partial charge in [-0.1, -0.05) is 27.7 Å². The third kappa shape index (κ3) is 6.61. The van der Waals surface area contributed by atoms with Gasteiger partial charge in [-0.2, -0.15) is 0 Å². The minimum Gasteiger partial charge on any atom is -0.385 e. The quantitative estimate of drug-likeness (QED) is 0.449. The minimum atomic E-state index is -0.461. The van der Waals surface area contributed by atoms with Gasteiger partial charge < -0.3 is 19.9 Å². The molecule has 1 aromatic carbocycles. The van der Waals surface area contributed by atoms with E-state index in [9.17, 15) is 9.59 Å². The molecule has 1 N–H and O–H groups in total. The van der Waals surface area contributed by atoms with Crippen LogP contribution in [-0.4, -0.2) is 62.1 Å². The molecule has 2 heterocycles. The normalized spacial score (nSPS) is 19.4. The lowest BCUT2D eigenvalue weighted by atomic mass is 9.79. The van der Waals surface area contributed by atoms with Crippen molar-refractivity contribution in [2.75, 3.05) is 38.3 Å². The number of ether oxygens (including phenoxy) is 1. The maximum Gasteiger partial charge on any atom is 0.255 e. The molecule has 192 valence electrons. The van der Waals surface area contributed by atoms with Crippen LogP contribution in [0.3, 0.4) is 0 Å². The zero-order chi connectivity index (χ0) is 25.5. The van der Waals surface area contributed by atoms with E-state index in [0.717, 1.165) is 54.5 Å². The number of amides is 2. The molecule has 0 bridgehead atoms. The molecular formula is C27H44BrN3O3. The first-order valence-corrected chi connectivity index (χ1v) is 13.6. The van der Waals surface area contributed by atoms with Crippen molar-refractivity contribution in [2.45, 2.75) is 85.7 Å². The molecular weight excluding hydrogens is 494 g/mol. The number of carbonyl (C=O) groups is 2. The molecule has 7 heteroatoms. The molecule has 2 amide bonds. The predicted octanol–water partition coefficient (Wildman–Crippen LogP) is 5.42. The summed E-state index contributed by atoms with van der Waals surface area (Å²) in [6, 6.07) is 4.28. The number of hydrogen-bond acceptors (Lipinski definition) is 4. The van der Waals surface area contributed by atoms with Crippen LogP contribution in [0.1, 0.15) is 83.1 Å². The predicted molar refractivity (Wildman–Crippen MR) is 144 cm³/mol. The van der Waals surface area contributed by atoms with E-state index >= 15 is 0 Å². The van der Waals surface area contributed by atoms with E-state index in [2.05, 4.69) is 41.2 Å². The summed E-state index contributed by atoms with van der Waals surface area (Å²) in [6.07, 6.45) is 4.51. The van der Waals surface area contributed by atoms with Crippen LogP contribution in [-0.2, 0) is 16.0 Å². The van der Waals surface area contributed by atoms with Gasteiger partial charge in [-0.05, 0) is 86.1 Å². The number of halogens is 1. The van der Waals surface area contributed by atoms with Gasteiger partial charge in [-0.25, -0.2) is 0 Å². The Hall–Kier alpha value is -1.44. The van der Waals surface area contributed by atoms with Gasteiger partial charge in [0.2, 0.25) is 5.91 Å². The van der Waals surface area contributed by atoms with Crippen LogP contribution in [0.25, 0.3) is 0 Å². The maximum atomic E-state index is 13.8. The topological polar surface area (TPSA) is 61.9 Å². The number of methoxy groups -OCH3 is 1. The lowest BCUT2D eigenvalue weighted by Crippen LogP contribution is -2.52. The molecule has 1 fully saturated rings. The highest BCUT2D eigenvalue weighted by Crippen LogP contribution is 2.40. The van der Waals surface area contributed by atoms with Gasteiger partial charge in [0.25, 0.3) is 5.91 Å². The number of nitrogens with zero attached hydrogens (tertiary/aromatic N) is 2. The van der Waals surface area contributed by atoms with Crippen molar-refractivity contribution in [1.29, 1.82) is 0 Å². The van der Waals surface area contributed by atoms with Crippen LogP contribution < -0.4 is 10.2 Å². The molecule has 1 saturated heterocycles. The zero-order valence-corrected chi connectivity index (χ0v) is 23.8. The lowest BCUT2D eigenvalue weighted by Gasteiger charge is -2.40. The average Bonchev–Trinajstić information content (AvgIpc) is 2.80. The maximum absolute atomic E-state index is 13.8. The third-order valence-corrected chi connectivity index (χ3v) is 7.24. The van der Waals surface area contributed by atoms with Crippen molar-refractivity contribution in [2.24, 2.45) is 5.41 Å². The molecule has 0 aliphatic carbocycles. The van der Waals surface area contributed by atoms with E-state index < -0.39 is 5.41 Å². The van der Waals surface area contributed by atoms with Crippen molar-refractivity contribution < 1.29 is 14.3 Å².